The van der Waals surface area contributed by atoms with Crippen LogP contribution in [0.5, 0.6) is 0 Å². The second kappa shape index (κ2) is 8.42. The fourth-order valence-electron chi connectivity index (χ4n) is 3.10. The topological polar surface area (TPSA) is 78.3 Å². The third-order valence-corrected chi connectivity index (χ3v) is 5.63. The molecular weight excluding hydrogens is 400 g/mol. The molecule has 0 amide bonds. The second-order valence-corrected chi connectivity index (χ2v) is 8.04. The molecule has 0 saturated carbocycles. The molecule has 0 spiro atoms. The lowest BCUT2D eigenvalue weighted by atomic mass is 10.1. The molecule has 30 heavy (non-hydrogen) atoms. The number of hydrogen-bond donors (Lipinski definition) is 0. The van der Waals surface area contributed by atoms with Gasteiger partial charge in [-0.3, -0.25) is 9.59 Å². The third-order valence-electron chi connectivity index (χ3n) is 4.59. The smallest absolute Gasteiger partial charge is 0.359 e. The maximum absolute atomic E-state index is 12.9. The van der Waals surface area contributed by atoms with Crippen LogP contribution in [0.25, 0.3) is 10.8 Å². The molecular formula is C23H18N2O4S. The van der Waals surface area contributed by atoms with Crippen LogP contribution in [-0.4, -0.2) is 28.1 Å². The molecule has 0 aliphatic rings. The first-order valence-corrected chi connectivity index (χ1v) is 10.1. The molecule has 2 aromatic heterocycles. The van der Waals surface area contributed by atoms with Gasteiger partial charge in [-0.25, -0.2) is 9.48 Å². The molecule has 0 bridgehead atoms. The Balaban J connectivity index is 1.65. The van der Waals surface area contributed by atoms with Crippen molar-refractivity contribution >= 4 is 33.9 Å². The Morgan fingerprint density at radius 3 is 2.37 bits per heavy atom. The SMILES string of the molecule is Cc1ccc(C(=O)COC(=O)c2nn(Cc3ccccc3)c(=O)c3ccccc23)s1. The van der Waals surface area contributed by atoms with Crippen molar-refractivity contribution in [1.82, 2.24) is 9.78 Å². The van der Waals surface area contributed by atoms with Crippen LogP contribution < -0.4 is 5.56 Å². The molecule has 4 rings (SSSR count). The second-order valence-electron chi connectivity index (χ2n) is 6.75. The zero-order chi connectivity index (χ0) is 21.1. The van der Waals surface area contributed by atoms with E-state index in [1.54, 1.807) is 30.3 Å². The Hall–Kier alpha value is -3.58. The summed E-state index contributed by atoms with van der Waals surface area (Å²) in [5.74, 6) is -1.02. The van der Waals surface area contributed by atoms with Gasteiger partial charge in [-0.1, -0.05) is 48.5 Å². The lowest BCUT2D eigenvalue weighted by Gasteiger charge is -2.11. The number of rotatable bonds is 6. The summed E-state index contributed by atoms with van der Waals surface area (Å²) in [7, 11) is 0. The fourth-order valence-corrected chi connectivity index (χ4v) is 3.90. The fraction of sp³-hybridized carbons (Fsp3) is 0.130. The minimum absolute atomic E-state index is 0.0105. The molecule has 7 heteroatoms. The van der Waals surface area contributed by atoms with Gasteiger partial charge in [0, 0.05) is 10.3 Å². The Kier molecular flexibility index (Phi) is 5.54. The van der Waals surface area contributed by atoms with Crippen molar-refractivity contribution in [2.75, 3.05) is 6.61 Å². The number of ketones is 1. The standard InChI is InChI=1S/C23H18N2O4S/c1-15-11-12-20(30-15)19(26)14-29-23(28)21-17-9-5-6-10-18(17)22(27)25(24-21)13-16-7-3-2-4-8-16/h2-12H,13-14H2,1H3. The minimum atomic E-state index is -0.741. The van der Waals surface area contributed by atoms with Gasteiger partial charge in [0.25, 0.3) is 5.56 Å². The predicted molar refractivity (Wildman–Crippen MR) is 115 cm³/mol. The summed E-state index contributed by atoms with van der Waals surface area (Å²) in [6, 6.07) is 19.7. The summed E-state index contributed by atoms with van der Waals surface area (Å²) < 4.78 is 6.50. The molecule has 0 unspecified atom stereocenters. The van der Waals surface area contributed by atoms with Crippen LogP contribution in [0.2, 0.25) is 0 Å². The van der Waals surface area contributed by atoms with Gasteiger partial charge >= 0.3 is 5.97 Å². The van der Waals surface area contributed by atoms with Crippen LogP contribution in [0.15, 0.2) is 71.5 Å². The minimum Gasteiger partial charge on any atom is -0.452 e. The number of ether oxygens (including phenoxy) is 1. The molecule has 0 aliphatic heterocycles. The van der Waals surface area contributed by atoms with Crippen molar-refractivity contribution in [3.8, 4) is 0 Å². The van der Waals surface area contributed by atoms with Crippen LogP contribution in [0.1, 0.15) is 30.6 Å². The van der Waals surface area contributed by atoms with Gasteiger partial charge in [-0.2, -0.15) is 5.10 Å². The Morgan fingerprint density at radius 2 is 1.67 bits per heavy atom. The normalized spacial score (nSPS) is 10.8. The number of esters is 1. The highest BCUT2D eigenvalue weighted by molar-refractivity contribution is 7.14. The van der Waals surface area contributed by atoms with Crippen LogP contribution in [0.3, 0.4) is 0 Å². The maximum Gasteiger partial charge on any atom is 0.359 e. The van der Waals surface area contributed by atoms with Crippen LogP contribution >= 0.6 is 11.3 Å². The molecule has 4 aromatic rings. The van der Waals surface area contributed by atoms with Crippen molar-refractivity contribution in [2.24, 2.45) is 0 Å². The maximum atomic E-state index is 12.9. The first kappa shape index (κ1) is 19.7. The van der Waals surface area contributed by atoms with Gasteiger partial charge in [0.05, 0.1) is 16.8 Å². The number of hydrogen-bond acceptors (Lipinski definition) is 6. The average Bonchev–Trinajstić information content (AvgIpc) is 3.21. The highest BCUT2D eigenvalue weighted by atomic mass is 32.1. The van der Waals surface area contributed by atoms with E-state index in [0.29, 0.717) is 15.6 Å². The molecule has 0 atom stereocenters. The zero-order valence-corrected chi connectivity index (χ0v) is 17.0. The van der Waals surface area contributed by atoms with E-state index in [2.05, 4.69) is 5.10 Å². The summed E-state index contributed by atoms with van der Waals surface area (Å²) in [6.45, 7) is 1.74. The molecule has 0 N–H and O–H groups in total. The molecule has 0 aliphatic carbocycles. The highest BCUT2D eigenvalue weighted by Gasteiger charge is 2.20. The molecule has 2 heterocycles. The van der Waals surface area contributed by atoms with Crippen molar-refractivity contribution in [3.05, 3.63) is 98.1 Å². The van der Waals surface area contributed by atoms with E-state index in [1.807, 2.05) is 43.3 Å². The average molecular weight is 418 g/mol. The van der Waals surface area contributed by atoms with Gasteiger partial charge in [0.2, 0.25) is 5.78 Å². The highest BCUT2D eigenvalue weighted by Crippen LogP contribution is 2.17. The van der Waals surface area contributed by atoms with Crippen molar-refractivity contribution in [1.29, 1.82) is 0 Å². The van der Waals surface area contributed by atoms with Crippen LogP contribution in [0, 0.1) is 6.92 Å². The van der Waals surface area contributed by atoms with Crippen LogP contribution in [-0.2, 0) is 11.3 Å². The van der Waals surface area contributed by atoms with Gasteiger partial charge in [0.15, 0.2) is 12.3 Å². The number of carbonyl (C=O) groups excluding carboxylic acids is 2. The number of aryl methyl sites for hydroxylation is 1. The van der Waals surface area contributed by atoms with Gasteiger partial charge < -0.3 is 4.74 Å². The lowest BCUT2D eigenvalue weighted by molar-refractivity contribution is 0.0469. The van der Waals surface area contributed by atoms with E-state index in [9.17, 15) is 14.4 Å². The van der Waals surface area contributed by atoms with Crippen LogP contribution in [0.4, 0.5) is 0 Å². The van der Waals surface area contributed by atoms with E-state index in [0.717, 1.165) is 10.4 Å². The summed E-state index contributed by atoms with van der Waals surface area (Å²) >= 11 is 1.35. The third kappa shape index (κ3) is 4.06. The first-order chi connectivity index (χ1) is 14.5. The number of thiophene rings is 1. The molecule has 0 fully saturated rings. The number of Topliss-reactive ketones (excluding diaryl/α,β-unsaturated/α-hetero) is 1. The number of fused-ring (bicyclic) bond motifs is 1. The summed E-state index contributed by atoms with van der Waals surface area (Å²) in [5, 5.41) is 5.04. The summed E-state index contributed by atoms with van der Waals surface area (Å²) in [4.78, 5) is 39.4. The zero-order valence-electron chi connectivity index (χ0n) is 16.2. The van der Waals surface area contributed by atoms with E-state index in [1.165, 1.54) is 16.0 Å². The molecule has 0 radical (unpaired) electrons. The molecule has 6 nitrogen and oxygen atoms in total. The quantitative estimate of drug-likeness (QED) is 0.351. The number of nitrogens with zero attached hydrogens (tertiary/aromatic N) is 2. The molecule has 150 valence electrons. The predicted octanol–water partition coefficient (Wildman–Crippen LogP) is 3.85. The largest absolute Gasteiger partial charge is 0.452 e. The van der Waals surface area contributed by atoms with E-state index in [-0.39, 0.29) is 30.2 Å². The molecule has 2 aromatic carbocycles. The Bertz CT molecular complexity index is 1290. The van der Waals surface area contributed by atoms with E-state index >= 15 is 0 Å². The van der Waals surface area contributed by atoms with E-state index in [4.69, 9.17) is 4.74 Å². The summed E-state index contributed by atoms with van der Waals surface area (Å²) in [6.07, 6.45) is 0. The Morgan fingerprint density at radius 1 is 0.967 bits per heavy atom. The van der Waals surface area contributed by atoms with E-state index < -0.39 is 5.97 Å². The monoisotopic (exact) mass is 418 g/mol. The lowest BCUT2D eigenvalue weighted by Crippen LogP contribution is -2.27. The first-order valence-electron chi connectivity index (χ1n) is 9.33. The van der Waals surface area contributed by atoms with Crippen molar-refractivity contribution in [2.45, 2.75) is 13.5 Å². The summed E-state index contributed by atoms with van der Waals surface area (Å²) in [5.41, 5.74) is 0.595. The van der Waals surface area contributed by atoms with Gasteiger partial charge in [-0.05, 0) is 30.7 Å². The van der Waals surface area contributed by atoms with Gasteiger partial charge in [0.1, 0.15) is 0 Å². The number of aromatic nitrogens is 2. The van der Waals surface area contributed by atoms with Crippen molar-refractivity contribution in [3.63, 3.8) is 0 Å². The molecule has 0 saturated heterocycles. The number of carbonyl (C=O) groups is 2. The van der Waals surface area contributed by atoms with Gasteiger partial charge in [-0.15, -0.1) is 11.3 Å². The van der Waals surface area contributed by atoms with Crippen molar-refractivity contribution < 1.29 is 14.3 Å². The number of benzene rings is 2. The Labute approximate surface area is 176 Å².